The van der Waals surface area contributed by atoms with Gasteiger partial charge >= 0.3 is 0 Å². The lowest BCUT2D eigenvalue weighted by atomic mass is 9.75. The van der Waals surface area contributed by atoms with Crippen LogP contribution in [0.4, 0.5) is 0 Å². The highest BCUT2D eigenvalue weighted by atomic mass is 14.3. The summed E-state index contributed by atoms with van der Waals surface area (Å²) in [6.07, 6.45) is 14.3. The van der Waals surface area contributed by atoms with E-state index in [9.17, 15) is 0 Å². The molecule has 0 radical (unpaired) electrons. The van der Waals surface area contributed by atoms with Gasteiger partial charge in [-0.05, 0) is 43.9 Å². The molecule has 0 N–H and O–H groups in total. The van der Waals surface area contributed by atoms with Gasteiger partial charge < -0.3 is 0 Å². The van der Waals surface area contributed by atoms with Crippen molar-refractivity contribution in [2.45, 2.75) is 65.2 Å². The molecule has 0 aromatic heterocycles. The summed E-state index contributed by atoms with van der Waals surface area (Å²) in [5.41, 5.74) is 1.64. The van der Waals surface area contributed by atoms with Gasteiger partial charge in [0.25, 0.3) is 0 Å². The van der Waals surface area contributed by atoms with Crippen molar-refractivity contribution in [2.24, 2.45) is 17.8 Å². The molecular weight excluding hydrogens is 180 g/mol. The third-order valence-corrected chi connectivity index (χ3v) is 4.46. The summed E-state index contributed by atoms with van der Waals surface area (Å²) in [7, 11) is 0. The molecule has 0 aromatic carbocycles. The van der Waals surface area contributed by atoms with Gasteiger partial charge in [-0.25, -0.2) is 0 Å². The van der Waals surface area contributed by atoms with Crippen molar-refractivity contribution in [3.05, 3.63) is 11.6 Å². The summed E-state index contributed by atoms with van der Waals surface area (Å²) in [6.45, 7) is 4.76. The second-order valence-corrected chi connectivity index (χ2v) is 5.99. The van der Waals surface area contributed by atoms with Gasteiger partial charge in [0.15, 0.2) is 0 Å². The molecule has 2 atom stereocenters. The van der Waals surface area contributed by atoms with Gasteiger partial charge in [-0.3, -0.25) is 0 Å². The van der Waals surface area contributed by atoms with Gasteiger partial charge in [-0.15, -0.1) is 0 Å². The maximum atomic E-state index is 2.53. The highest BCUT2D eigenvalue weighted by molar-refractivity contribution is 5.03. The van der Waals surface area contributed by atoms with Crippen molar-refractivity contribution in [3.8, 4) is 0 Å². The largest absolute Gasteiger partial charge is 0.0853 e. The molecule has 0 heterocycles. The van der Waals surface area contributed by atoms with Crippen LogP contribution in [0, 0.1) is 17.8 Å². The number of hydrogen-bond donors (Lipinski definition) is 0. The van der Waals surface area contributed by atoms with Crippen molar-refractivity contribution in [1.29, 1.82) is 0 Å². The fraction of sp³-hybridized carbons (Fsp3) is 0.867. The normalized spacial score (nSPS) is 34.7. The van der Waals surface area contributed by atoms with Crippen LogP contribution in [0.1, 0.15) is 65.2 Å². The zero-order chi connectivity index (χ0) is 10.7. The first kappa shape index (κ1) is 11.2. The van der Waals surface area contributed by atoms with Crippen LogP contribution in [0.25, 0.3) is 0 Å². The molecule has 0 aromatic rings. The average Bonchev–Trinajstić information content (AvgIpc) is 2.41. The SMILES string of the molecule is CC1=CCC(C2CCCCC2)CC(C)C1. The molecule has 2 aliphatic rings. The number of hydrogen-bond acceptors (Lipinski definition) is 0. The van der Waals surface area contributed by atoms with Crippen molar-refractivity contribution in [2.75, 3.05) is 0 Å². The molecule has 2 rings (SSSR count). The summed E-state index contributed by atoms with van der Waals surface area (Å²) in [4.78, 5) is 0. The monoisotopic (exact) mass is 206 g/mol. The summed E-state index contributed by atoms with van der Waals surface area (Å²) in [5, 5.41) is 0. The third-order valence-electron chi connectivity index (χ3n) is 4.46. The average molecular weight is 206 g/mol. The van der Waals surface area contributed by atoms with E-state index < -0.39 is 0 Å². The lowest BCUT2D eigenvalue weighted by Crippen LogP contribution is -2.19. The van der Waals surface area contributed by atoms with Crippen LogP contribution in [0.2, 0.25) is 0 Å². The Labute approximate surface area is 95.1 Å². The van der Waals surface area contributed by atoms with Gasteiger partial charge in [0, 0.05) is 0 Å². The molecule has 1 fully saturated rings. The molecule has 86 valence electrons. The Kier molecular flexibility index (Phi) is 3.88. The molecule has 15 heavy (non-hydrogen) atoms. The van der Waals surface area contributed by atoms with Crippen molar-refractivity contribution in [1.82, 2.24) is 0 Å². The maximum Gasteiger partial charge on any atom is -0.0297 e. The molecule has 0 bridgehead atoms. The van der Waals surface area contributed by atoms with Crippen LogP contribution in [0.15, 0.2) is 11.6 Å². The van der Waals surface area contributed by atoms with Gasteiger partial charge in [-0.1, -0.05) is 50.7 Å². The molecule has 2 aliphatic carbocycles. The lowest BCUT2D eigenvalue weighted by Gasteiger charge is -2.30. The zero-order valence-electron chi connectivity index (χ0n) is 10.5. The van der Waals surface area contributed by atoms with E-state index in [1.807, 2.05) is 0 Å². The summed E-state index contributed by atoms with van der Waals surface area (Å²) >= 11 is 0. The smallest absolute Gasteiger partial charge is 0.0297 e. The van der Waals surface area contributed by atoms with Crippen LogP contribution >= 0.6 is 0 Å². The second-order valence-electron chi connectivity index (χ2n) is 5.99. The van der Waals surface area contributed by atoms with Crippen molar-refractivity contribution in [3.63, 3.8) is 0 Å². The van der Waals surface area contributed by atoms with Crippen molar-refractivity contribution >= 4 is 0 Å². The van der Waals surface area contributed by atoms with Gasteiger partial charge in [0.1, 0.15) is 0 Å². The Morgan fingerprint density at radius 1 is 1.07 bits per heavy atom. The van der Waals surface area contributed by atoms with Crippen LogP contribution in [-0.2, 0) is 0 Å². The quantitative estimate of drug-likeness (QED) is 0.532. The standard InChI is InChI=1S/C15H26/c1-12-8-9-15(11-13(2)10-12)14-6-4-3-5-7-14/h8,13-15H,3-7,9-11H2,1-2H3. The van der Waals surface area contributed by atoms with E-state index in [2.05, 4.69) is 19.9 Å². The topological polar surface area (TPSA) is 0 Å². The Morgan fingerprint density at radius 3 is 2.53 bits per heavy atom. The minimum Gasteiger partial charge on any atom is -0.0853 e. The third kappa shape index (κ3) is 3.09. The highest BCUT2D eigenvalue weighted by Gasteiger charge is 2.25. The summed E-state index contributed by atoms with van der Waals surface area (Å²) in [5.74, 6) is 3.00. The molecule has 2 unspecified atom stereocenters. The minimum atomic E-state index is 0.927. The lowest BCUT2D eigenvalue weighted by molar-refractivity contribution is 0.219. The maximum absolute atomic E-state index is 2.53. The minimum absolute atomic E-state index is 0.927. The second kappa shape index (κ2) is 5.18. The van der Waals surface area contributed by atoms with Crippen LogP contribution < -0.4 is 0 Å². The first-order valence-corrected chi connectivity index (χ1v) is 6.91. The summed E-state index contributed by atoms with van der Waals surface area (Å²) in [6, 6.07) is 0. The molecule has 0 spiro atoms. The van der Waals surface area contributed by atoms with E-state index in [1.165, 1.54) is 51.4 Å². The molecule has 0 nitrogen and oxygen atoms in total. The predicted octanol–water partition coefficient (Wildman–Crippen LogP) is 4.95. The Hall–Kier alpha value is -0.260. The van der Waals surface area contributed by atoms with Crippen LogP contribution in [0.5, 0.6) is 0 Å². The van der Waals surface area contributed by atoms with Gasteiger partial charge in [0.2, 0.25) is 0 Å². The Bertz CT molecular complexity index is 220. The van der Waals surface area contributed by atoms with Crippen LogP contribution in [0.3, 0.4) is 0 Å². The van der Waals surface area contributed by atoms with E-state index in [1.54, 1.807) is 5.57 Å². The number of allylic oxidation sites excluding steroid dienone is 2. The fourth-order valence-electron chi connectivity index (χ4n) is 3.67. The Morgan fingerprint density at radius 2 is 1.80 bits per heavy atom. The van der Waals surface area contributed by atoms with Gasteiger partial charge in [-0.2, -0.15) is 0 Å². The molecular formula is C15H26. The first-order chi connectivity index (χ1) is 7.25. The molecule has 0 heteroatoms. The molecule has 0 amide bonds. The number of rotatable bonds is 1. The van der Waals surface area contributed by atoms with E-state index in [0.29, 0.717) is 0 Å². The van der Waals surface area contributed by atoms with E-state index >= 15 is 0 Å². The zero-order valence-corrected chi connectivity index (χ0v) is 10.5. The van der Waals surface area contributed by atoms with Gasteiger partial charge in [0.05, 0.1) is 0 Å². The summed E-state index contributed by atoms with van der Waals surface area (Å²) < 4.78 is 0. The molecule has 0 aliphatic heterocycles. The van der Waals surface area contributed by atoms with Crippen LogP contribution in [-0.4, -0.2) is 0 Å². The fourth-order valence-corrected chi connectivity index (χ4v) is 3.67. The van der Waals surface area contributed by atoms with Crippen molar-refractivity contribution < 1.29 is 0 Å². The molecule has 1 saturated carbocycles. The van der Waals surface area contributed by atoms with E-state index in [-0.39, 0.29) is 0 Å². The molecule has 0 saturated heterocycles. The van der Waals surface area contributed by atoms with E-state index in [0.717, 1.165) is 17.8 Å². The highest BCUT2D eigenvalue weighted by Crippen LogP contribution is 2.38. The predicted molar refractivity (Wildman–Crippen MR) is 66.8 cm³/mol. The first-order valence-electron chi connectivity index (χ1n) is 6.91. The Balaban J connectivity index is 1.95. The van der Waals surface area contributed by atoms with E-state index in [4.69, 9.17) is 0 Å².